The number of benzene rings is 1. The van der Waals surface area contributed by atoms with Gasteiger partial charge in [0.25, 0.3) is 11.8 Å². The molecule has 0 unspecified atom stereocenters. The van der Waals surface area contributed by atoms with Gasteiger partial charge < -0.3 is 14.4 Å². The van der Waals surface area contributed by atoms with E-state index in [1.165, 1.54) is 4.90 Å². The minimum atomic E-state index is -0.239. The van der Waals surface area contributed by atoms with Crippen LogP contribution in [0.4, 0.5) is 0 Å². The number of likely N-dealkylation sites (tertiary alicyclic amines) is 1. The summed E-state index contributed by atoms with van der Waals surface area (Å²) >= 11 is 0. The molecule has 0 atom stereocenters. The second kappa shape index (κ2) is 9.44. The molecule has 3 rings (SSSR count). The molecule has 0 aromatic heterocycles. The number of carbonyl (C=O) groups excluding carboxylic acids is 2. The Kier molecular flexibility index (Phi) is 6.96. The zero-order chi connectivity index (χ0) is 21.0. The first-order valence-electron chi connectivity index (χ1n) is 10.5. The number of hydrogen-bond donors (Lipinski definition) is 0. The highest BCUT2D eigenvalue weighted by molar-refractivity contribution is 6.35. The number of methoxy groups -OCH3 is 1. The number of carbonyl (C=O) groups is 2. The van der Waals surface area contributed by atoms with E-state index in [4.69, 9.17) is 9.47 Å². The van der Waals surface area contributed by atoms with Gasteiger partial charge in [-0.05, 0) is 42.4 Å². The lowest BCUT2D eigenvalue weighted by Crippen LogP contribution is -2.39. The smallest absolute Gasteiger partial charge is 0.277 e. The van der Waals surface area contributed by atoms with Crippen molar-refractivity contribution in [1.29, 1.82) is 0 Å². The van der Waals surface area contributed by atoms with E-state index >= 15 is 0 Å². The summed E-state index contributed by atoms with van der Waals surface area (Å²) in [7, 11) is 1.57. The molecule has 2 aliphatic heterocycles. The van der Waals surface area contributed by atoms with Gasteiger partial charge in [0.2, 0.25) is 0 Å². The number of nitrogens with zero attached hydrogens (tertiary/aromatic N) is 2. The lowest BCUT2D eigenvalue weighted by molar-refractivity contribution is -0.138. The number of amides is 2. The van der Waals surface area contributed by atoms with Crippen molar-refractivity contribution in [2.24, 2.45) is 11.8 Å². The van der Waals surface area contributed by atoms with Crippen LogP contribution in [0, 0.1) is 11.8 Å². The molecule has 2 aliphatic rings. The zero-order valence-corrected chi connectivity index (χ0v) is 17.9. The van der Waals surface area contributed by atoms with E-state index in [-0.39, 0.29) is 18.4 Å². The van der Waals surface area contributed by atoms with Crippen LogP contribution in [0.25, 0.3) is 5.57 Å². The van der Waals surface area contributed by atoms with Crippen LogP contribution in [0.15, 0.2) is 30.0 Å². The summed E-state index contributed by atoms with van der Waals surface area (Å²) in [6, 6.07) is 7.50. The maximum Gasteiger partial charge on any atom is 0.277 e. The second-order valence-corrected chi connectivity index (χ2v) is 8.38. The van der Waals surface area contributed by atoms with Gasteiger partial charge in [-0.25, -0.2) is 0 Å². The van der Waals surface area contributed by atoms with Crippen LogP contribution in [-0.2, 0) is 14.3 Å². The summed E-state index contributed by atoms with van der Waals surface area (Å²) in [5.41, 5.74) is 1.79. The van der Waals surface area contributed by atoms with Gasteiger partial charge in [-0.3, -0.25) is 14.5 Å². The second-order valence-electron chi connectivity index (χ2n) is 8.38. The Hall–Kier alpha value is -2.34. The quantitative estimate of drug-likeness (QED) is 0.628. The van der Waals surface area contributed by atoms with Crippen LogP contribution in [0.1, 0.15) is 39.2 Å². The molecule has 1 aromatic rings. The molecule has 1 fully saturated rings. The van der Waals surface area contributed by atoms with Crippen molar-refractivity contribution in [1.82, 2.24) is 9.80 Å². The monoisotopic (exact) mass is 400 g/mol. The molecule has 6 heteroatoms. The summed E-state index contributed by atoms with van der Waals surface area (Å²) in [6.45, 7) is 9.26. The first-order valence-corrected chi connectivity index (χ1v) is 10.5. The van der Waals surface area contributed by atoms with Crippen molar-refractivity contribution in [3.05, 3.63) is 35.5 Å². The Labute approximate surface area is 173 Å². The number of piperidine rings is 1. The highest BCUT2D eigenvalue weighted by Crippen LogP contribution is 2.34. The van der Waals surface area contributed by atoms with E-state index in [1.807, 2.05) is 24.3 Å². The Morgan fingerprint density at radius 2 is 1.72 bits per heavy atom. The first-order chi connectivity index (χ1) is 13.9. The summed E-state index contributed by atoms with van der Waals surface area (Å²) in [5.74, 6) is 1.40. The summed E-state index contributed by atoms with van der Waals surface area (Å²) < 4.78 is 10.9. The summed E-state index contributed by atoms with van der Waals surface area (Å²) in [4.78, 5) is 29.7. The number of ether oxygens (including phenoxy) is 2. The molecule has 29 heavy (non-hydrogen) atoms. The molecule has 158 valence electrons. The standard InChI is InChI=1S/C23H32N2O4/c1-16(2)15-29-19-7-5-18(6-8-19)20-21(24-11-9-17(3)10-12-24)23(27)25(22(20)26)13-14-28-4/h5-8,16-17H,9-15H2,1-4H3. The maximum atomic E-state index is 13.2. The lowest BCUT2D eigenvalue weighted by atomic mass is 9.97. The van der Waals surface area contributed by atoms with Gasteiger partial charge in [-0.2, -0.15) is 0 Å². The van der Waals surface area contributed by atoms with Gasteiger partial charge in [0.1, 0.15) is 11.4 Å². The van der Waals surface area contributed by atoms with Crippen LogP contribution < -0.4 is 4.74 Å². The third-order valence-corrected chi connectivity index (χ3v) is 5.49. The number of hydrogen-bond acceptors (Lipinski definition) is 5. The van der Waals surface area contributed by atoms with Crippen LogP contribution in [0.5, 0.6) is 5.75 Å². The van der Waals surface area contributed by atoms with Gasteiger partial charge in [-0.15, -0.1) is 0 Å². The highest BCUT2D eigenvalue weighted by atomic mass is 16.5. The van der Waals surface area contributed by atoms with Gasteiger partial charge in [0, 0.05) is 20.2 Å². The first kappa shape index (κ1) is 21.4. The fourth-order valence-electron chi connectivity index (χ4n) is 3.72. The molecular formula is C23H32N2O4. The minimum absolute atomic E-state index is 0.211. The van der Waals surface area contributed by atoms with E-state index < -0.39 is 0 Å². The molecule has 0 spiro atoms. The molecule has 0 saturated carbocycles. The van der Waals surface area contributed by atoms with Crippen molar-refractivity contribution in [2.45, 2.75) is 33.6 Å². The van der Waals surface area contributed by atoms with E-state index in [9.17, 15) is 9.59 Å². The molecule has 2 amide bonds. The summed E-state index contributed by atoms with van der Waals surface area (Å²) in [5, 5.41) is 0. The predicted molar refractivity (Wildman–Crippen MR) is 112 cm³/mol. The van der Waals surface area contributed by atoms with Crippen LogP contribution >= 0.6 is 0 Å². The van der Waals surface area contributed by atoms with Gasteiger partial charge in [-0.1, -0.05) is 32.9 Å². The summed E-state index contributed by atoms with van der Waals surface area (Å²) in [6.07, 6.45) is 2.05. The van der Waals surface area contributed by atoms with Crippen molar-refractivity contribution in [3.63, 3.8) is 0 Å². The molecule has 1 aromatic carbocycles. The molecule has 6 nitrogen and oxygen atoms in total. The average Bonchev–Trinajstić information content (AvgIpc) is 2.96. The van der Waals surface area contributed by atoms with Crippen molar-refractivity contribution < 1.29 is 19.1 Å². The predicted octanol–water partition coefficient (Wildman–Crippen LogP) is 3.18. The molecular weight excluding hydrogens is 368 g/mol. The molecule has 0 bridgehead atoms. The van der Waals surface area contributed by atoms with Crippen molar-refractivity contribution in [3.8, 4) is 5.75 Å². The van der Waals surface area contributed by atoms with E-state index in [2.05, 4.69) is 25.7 Å². The van der Waals surface area contributed by atoms with E-state index in [0.29, 0.717) is 36.3 Å². The molecule has 2 heterocycles. The van der Waals surface area contributed by atoms with Gasteiger partial charge in [0.15, 0.2) is 0 Å². The Morgan fingerprint density at radius 1 is 1.07 bits per heavy atom. The normalized spacial score (nSPS) is 18.4. The van der Waals surface area contributed by atoms with Crippen LogP contribution in [0.2, 0.25) is 0 Å². The third-order valence-electron chi connectivity index (χ3n) is 5.49. The van der Waals surface area contributed by atoms with Crippen LogP contribution in [0.3, 0.4) is 0 Å². The van der Waals surface area contributed by atoms with Crippen LogP contribution in [-0.4, -0.2) is 61.6 Å². The topological polar surface area (TPSA) is 59.1 Å². The SMILES string of the molecule is COCCN1C(=O)C(c2ccc(OCC(C)C)cc2)=C(N2CCC(C)CC2)C1=O. The van der Waals surface area contributed by atoms with Gasteiger partial charge >= 0.3 is 0 Å². The Balaban J connectivity index is 1.91. The molecule has 0 N–H and O–H groups in total. The van der Waals surface area contributed by atoms with Crippen molar-refractivity contribution in [2.75, 3.05) is 40.0 Å². The molecule has 0 aliphatic carbocycles. The fraction of sp³-hybridized carbons (Fsp3) is 0.565. The number of rotatable bonds is 8. The third kappa shape index (κ3) is 4.81. The maximum absolute atomic E-state index is 13.2. The Morgan fingerprint density at radius 3 is 2.31 bits per heavy atom. The fourth-order valence-corrected chi connectivity index (χ4v) is 3.72. The lowest BCUT2D eigenvalue weighted by Gasteiger charge is -2.32. The van der Waals surface area contributed by atoms with Crippen molar-refractivity contribution >= 4 is 17.4 Å². The molecule has 0 radical (unpaired) electrons. The molecule has 1 saturated heterocycles. The average molecular weight is 401 g/mol. The van der Waals surface area contributed by atoms with E-state index in [0.717, 1.165) is 37.2 Å². The van der Waals surface area contributed by atoms with E-state index in [1.54, 1.807) is 7.11 Å². The Bertz CT molecular complexity index is 762. The number of imide groups is 1. The highest BCUT2D eigenvalue weighted by Gasteiger charge is 2.41. The van der Waals surface area contributed by atoms with Gasteiger partial charge in [0.05, 0.1) is 25.3 Å². The largest absolute Gasteiger partial charge is 0.493 e. The zero-order valence-electron chi connectivity index (χ0n) is 17.9. The minimum Gasteiger partial charge on any atom is -0.493 e.